The average Bonchev–Trinajstić information content (AvgIpc) is 3.38. The highest BCUT2D eigenvalue weighted by atomic mass is 32.1. The van der Waals surface area contributed by atoms with Crippen LogP contribution in [0, 0.1) is 0 Å². The van der Waals surface area contributed by atoms with Crippen LogP contribution < -0.4 is 10.1 Å². The van der Waals surface area contributed by atoms with E-state index in [2.05, 4.69) is 5.32 Å². The van der Waals surface area contributed by atoms with Crippen LogP contribution in [0.3, 0.4) is 0 Å². The molecule has 2 aromatic heterocycles. The number of carbonyl (C=O) groups is 1. The number of benzene rings is 2. The summed E-state index contributed by atoms with van der Waals surface area (Å²) < 4.78 is 7.86. The Bertz CT molecular complexity index is 1060. The van der Waals surface area contributed by atoms with Crippen molar-refractivity contribution >= 4 is 28.3 Å². The van der Waals surface area contributed by atoms with Crippen LogP contribution in [-0.2, 0) is 17.9 Å². The van der Waals surface area contributed by atoms with Gasteiger partial charge in [-0.25, -0.2) is 4.98 Å². The van der Waals surface area contributed by atoms with Crippen LogP contribution in [0.2, 0.25) is 0 Å². The molecule has 0 radical (unpaired) electrons. The van der Waals surface area contributed by atoms with E-state index in [9.17, 15) is 4.79 Å². The Morgan fingerprint density at radius 1 is 1.11 bits per heavy atom. The molecular formula is C22H21N3O2S. The Labute approximate surface area is 167 Å². The van der Waals surface area contributed by atoms with E-state index in [1.54, 1.807) is 11.3 Å². The molecule has 2 aromatic carbocycles. The van der Waals surface area contributed by atoms with Gasteiger partial charge in [-0.3, -0.25) is 4.79 Å². The molecule has 5 nitrogen and oxygen atoms in total. The molecule has 4 aromatic rings. The first-order valence-corrected chi connectivity index (χ1v) is 10.0. The Kier molecular flexibility index (Phi) is 5.39. The van der Waals surface area contributed by atoms with Crippen molar-refractivity contribution in [3.8, 4) is 5.75 Å². The second-order valence-corrected chi connectivity index (χ2v) is 7.49. The molecule has 0 spiro atoms. The van der Waals surface area contributed by atoms with Gasteiger partial charge in [-0.2, -0.15) is 0 Å². The second kappa shape index (κ2) is 8.27. The molecule has 0 unspecified atom stereocenters. The summed E-state index contributed by atoms with van der Waals surface area (Å²) in [6.45, 7) is 2.72. The van der Waals surface area contributed by atoms with E-state index in [1.165, 1.54) is 0 Å². The maximum Gasteiger partial charge on any atom is 0.243 e. The molecule has 0 saturated carbocycles. The number of rotatable bonds is 7. The number of nitrogens with one attached hydrogen (secondary N) is 1. The minimum absolute atomic E-state index is 0.0440. The van der Waals surface area contributed by atoms with Crippen molar-refractivity contribution in [1.29, 1.82) is 0 Å². The minimum atomic E-state index is -0.401. The Morgan fingerprint density at radius 2 is 1.89 bits per heavy atom. The van der Waals surface area contributed by atoms with Gasteiger partial charge in [0.05, 0.1) is 17.6 Å². The molecule has 6 heteroatoms. The minimum Gasteiger partial charge on any atom is -0.486 e. The molecule has 28 heavy (non-hydrogen) atoms. The highest BCUT2D eigenvalue weighted by Crippen LogP contribution is 2.23. The highest BCUT2D eigenvalue weighted by molar-refractivity contribution is 7.09. The van der Waals surface area contributed by atoms with Crippen molar-refractivity contribution in [3.63, 3.8) is 0 Å². The first-order valence-electron chi connectivity index (χ1n) is 9.16. The van der Waals surface area contributed by atoms with Crippen molar-refractivity contribution in [2.75, 3.05) is 0 Å². The molecule has 0 saturated heterocycles. The number of thiophene rings is 1. The topological polar surface area (TPSA) is 56.2 Å². The lowest BCUT2D eigenvalue weighted by Gasteiger charge is -2.17. The SMILES string of the molecule is C[C@H](C(=O)NCc1cccs1)n1c(COc2ccccc2)nc2ccccc21. The summed E-state index contributed by atoms with van der Waals surface area (Å²) in [6, 6.07) is 21.1. The van der Waals surface area contributed by atoms with Gasteiger partial charge in [0.15, 0.2) is 0 Å². The third kappa shape index (κ3) is 3.92. The fourth-order valence-corrected chi connectivity index (χ4v) is 3.79. The maximum atomic E-state index is 12.8. The second-order valence-electron chi connectivity index (χ2n) is 6.46. The van der Waals surface area contributed by atoms with Crippen LogP contribution >= 0.6 is 11.3 Å². The summed E-state index contributed by atoms with van der Waals surface area (Å²) in [5, 5.41) is 5.03. The summed E-state index contributed by atoms with van der Waals surface area (Å²) in [6.07, 6.45) is 0. The van der Waals surface area contributed by atoms with Crippen molar-refractivity contribution in [3.05, 3.63) is 82.8 Å². The number of carbonyl (C=O) groups excluding carboxylic acids is 1. The molecule has 4 rings (SSSR count). The number of hydrogen-bond donors (Lipinski definition) is 1. The zero-order valence-corrected chi connectivity index (χ0v) is 16.4. The number of nitrogens with zero attached hydrogens (tertiary/aromatic N) is 2. The number of hydrogen-bond acceptors (Lipinski definition) is 4. The number of ether oxygens (including phenoxy) is 1. The molecule has 0 fully saturated rings. The molecule has 0 aliphatic carbocycles. The molecule has 142 valence electrons. The Hall–Kier alpha value is -3.12. The van der Waals surface area contributed by atoms with Gasteiger partial charge < -0.3 is 14.6 Å². The van der Waals surface area contributed by atoms with E-state index < -0.39 is 6.04 Å². The van der Waals surface area contributed by atoms with Crippen LogP contribution in [0.1, 0.15) is 23.7 Å². The maximum absolute atomic E-state index is 12.8. The summed E-state index contributed by atoms with van der Waals surface area (Å²) in [5.74, 6) is 1.46. The van der Waals surface area contributed by atoms with Crippen LogP contribution in [0.25, 0.3) is 11.0 Å². The fourth-order valence-electron chi connectivity index (χ4n) is 3.15. The molecule has 0 aliphatic heterocycles. The lowest BCUT2D eigenvalue weighted by Crippen LogP contribution is -2.31. The van der Waals surface area contributed by atoms with E-state index in [0.717, 1.165) is 27.5 Å². The van der Waals surface area contributed by atoms with Gasteiger partial charge in [0, 0.05) is 4.88 Å². The molecule has 0 bridgehead atoms. The van der Waals surface area contributed by atoms with Gasteiger partial charge in [-0.15, -0.1) is 11.3 Å². The van der Waals surface area contributed by atoms with Crippen LogP contribution in [0.5, 0.6) is 5.75 Å². The first-order chi connectivity index (χ1) is 13.7. The molecule has 0 aliphatic rings. The van der Waals surface area contributed by atoms with Crippen molar-refractivity contribution in [2.24, 2.45) is 0 Å². The zero-order chi connectivity index (χ0) is 19.3. The van der Waals surface area contributed by atoms with E-state index in [-0.39, 0.29) is 5.91 Å². The molecule has 1 amide bonds. The average molecular weight is 391 g/mol. The van der Waals surface area contributed by atoms with Crippen LogP contribution in [-0.4, -0.2) is 15.5 Å². The molecular weight excluding hydrogens is 370 g/mol. The van der Waals surface area contributed by atoms with E-state index in [0.29, 0.717) is 13.2 Å². The number of fused-ring (bicyclic) bond motifs is 1. The van der Waals surface area contributed by atoms with E-state index in [4.69, 9.17) is 9.72 Å². The molecule has 2 heterocycles. The number of para-hydroxylation sites is 3. The lowest BCUT2D eigenvalue weighted by atomic mass is 10.2. The van der Waals surface area contributed by atoms with Crippen molar-refractivity contribution in [2.45, 2.75) is 26.1 Å². The van der Waals surface area contributed by atoms with Gasteiger partial charge in [0.25, 0.3) is 0 Å². The van der Waals surface area contributed by atoms with Gasteiger partial charge in [-0.1, -0.05) is 36.4 Å². The number of amides is 1. The molecule has 1 atom stereocenters. The highest BCUT2D eigenvalue weighted by Gasteiger charge is 2.21. The third-order valence-corrected chi connectivity index (χ3v) is 5.44. The third-order valence-electron chi connectivity index (χ3n) is 4.56. The standard InChI is InChI=1S/C22H21N3O2S/c1-16(22(26)23-14-18-10-7-13-28-18)25-20-12-6-5-11-19(20)24-21(25)15-27-17-8-3-2-4-9-17/h2-13,16H,14-15H2,1H3,(H,23,26)/t16-/m1/s1. The Balaban J connectivity index is 1.57. The van der Waals surface area contributed by atoms with Gasteiger partial charge in [-0.05, 0) is 42.6 Å². The first kappa shape index (κ1) is 18.3. The predicted octanol–water partition coefficient (Wildman–Crippen LogP) is 4.55. The Morgan fingerprint density at radius 3 is 2.68 bits per heavy atom. The normalized spacial score (nSPS) is 12.0. The fraction of sp³-hybridized carbons (Fsp3) is 0.182. The van der Waals surface area contributed by atoms with E-state index >= 15 is 0 Å². The van der Waals surface area contributed by atoms with E-state index in [1.807, 2.05) is 83.6 Å². The molecule has 1 N–H and O–H groups in total. The monoisotopic (exact) mass is 391 g/mol. The van der Waals surface area contributed by atoms with Crippen LogP contribution in [0.4, 0.5) is 0 Å². The summed E-state index contributed by atoms with van der Waals surface area (Å²) in [4.78, 5) is 18.6. The largest absolute Gasteiger partial charge is 0.486 e. The number of imidazole rings is 1. The van der Waals surface area contributed by atoms with Gasteiger partial charge in [0.2, 0.25) is 5.91 Å². The quantitative estimate of drug-likeness (QED) is 0.503. The van der Waals surface area contributed by atoms with Gasteiger partial charge >= 0.3 is 0 Å². The summed E-state index contributed by atoms with van der Waals surface area (Å²) in [7, 11) is 0. The predicted molar refractivity (Wildman–Crippen MR) is 111 cm³/mol. The summed E-state index contributed by atoms with van der Waals surface area (Å²) >= 11 is 1.63. The smallest absolute Gasteiger partial charge is 0.243 e. The zero-order valence-electron chi connectivity index (χ0n) is 15.5. The van der Waals surface area contributed by atoms with Gasteiger partial charge in [0.1, 0.15) is 24.2 Å². The lowest BCUT2D eigenvalue weighted by molar-refractivity contribution is -0.124. The summed E-state index contributed by atoms with van der Waals surface area (Å²) in [5.41, 5.74) is 1.78. The van der Waals surface area contributed by atoms with Crippen molar-refractivity contribution in [1.82, 2.24) is 14.9 Å². The number of aromatic nitrogens is 2. The van der Waals surface area contributed by atoms with Crippen molar-refractivity contribution < 1.29 is 9.53 Å². The van der Waals surface area contributed by atoms with Crippen LogP contribution in [0.15, 0.2) is 72.1 Å².